The van der Waals surface area contributed by atoms with Gasteiger partial charge in [0.25, 0.3) is 0 Å². The fourth-order valence-corrected chi connectivity index (χ4v) is 1.88. The predicted octanol–water partition coefficient (Wildman–Crippen LogP) is 1.09. The van der Waals surface area contributed by atoms with Crippen LogP contribution < -0.4 is 10.6 Å². The first kappa shape index (κ1) is 9.34. The largest absolute Gasteiger partial charge is 0.399 e. The average Bonchev–Trinajstić information content (AvgIpc) is 2.13. The van der Waals surface area contributed by atoms with Gasteiger partial charge in [0.15, 0.2) is 0 Å². The molecule has 3 heteroatoms. The van der Waals surface area contributed by atoms with Gasteiger partial charge in [-0.1, -0.05) is 13.0 Å². The maximum Gasteiger partial charge on any atom is 0.0518 e. The van der Waals surface area contributed by atoms with Crippen LogP contribution in [0.4, 0.5) is 11.4 Å². The van der Waals surface area contributed by atoms with E-state index in [1.165, 1.54) is 0 Å². The minimum absolute atomic E-state index is 0.0740. The Morgan fingerprint density at radius 2 is 2.21 bits per heavy atom. The standard InChI is InChI=1S/C11H16N2O/c1-11(8-14)6-13(7-11)10-4-2-3-9(12)5-10/h2-5,14H,6-8,12H2,1H3. The van der Waals surface area contributed by atoms with Gasteiger partial charge >= 0.3 is 0 Å². The Bertz CT molecular complexity index is 332. The highest BCUT2D eigenvalue weighted by atomic mass is 16.3. The minimum Gasteiger partial charge on any atom is -0.399 e. The third-order valence-electron chi connectivity index (χ3n) is 2.76. The zero-order valence-corrected chi connectivity index (χ0v) is 8.40. The molecule has 1 aromatic carbocycles. The number of hydrogen-bond donors (Lipinski definition) is 2. The molecule has 14 heavy (non-hydrogen) atoms. The van der Waals surface area contributed by atoms with Crippen LogP contribution in [0.15, 0.2) is 24.3 Å². The van der Waals surface area contributed by atoms with E-state index < -0.39 is 0 Å². The monoisotopic (exact) mass is 192 g/mol. The first-order chi connectivity index (χ1) is 6.63. The highest BCUT2D eigenvalue weighted by molar-refractivity contribution is 5.57. The van der Waals surface area contributed by atoms with Gasteiger partial charge in [-0.2, -0.15) is 0 Å². The van der Waals surface area contributed by atoms with Crippen molar-refractivity contribution in [2.45, 2.75) is 6.92 Å². The highest BCUT2D eigenvalue weighted by Gasteiger charge is 2.38. The van der Waals surface area contributed by atoms with Gasteiger partial charge in [0.05, 0.1) is 6.61 Å². The van der Waals surface area contributed by atoms with E-state index in [9.17, 15) is 0 Å². The normalized spacial score (nSPS) is 19.1. The third-order valence-corrected chi connectivity index (χ3v) is 2.76. The van der Waals surface area contributed by atoms with E-state index in [2.05, 4.69) is 11.8 Å². The number of aliphatic hydroxyl groups is 1. The molecule has 1 heterocycles. The number of anilines is 2. The Labute approximate surface area is 84.1 Å². The summed E-state index contributed by atoms with van der Waals surface area (Å²) in [6, 6.07) is 7.86. The second kappa shape index (κ2) is 3.17. The van der Waals surface area contributed by atoms with E-state index in [4.69, 9.17) is 10.8 Å². The second-order valence-electron chi connectivity index (χ2n) is 4.42. The van der Waals surface area contributed by atoms with Crippen molar-refractivity contribution in [3.8, 4) is 0 Å². The van der Waals surface area contributed by atoms with E-state index in [0.717, 1.165) is 24.5 Å². The maximum atomic E-state index is 9.11. The molecule has 0 radical (unpaired) electrons. The first-order valence-corrected chi connectivity index (χ1v) is 4.84. The van der Waals surface area contributed by atoms with Crippen molar-refractivity contribution in [1.29, 1.82) is 0 Å². The van der Waals surface area contributed by atoms with Crippen LogP contribution in [0.1, 0.15) is 6.92 Å². The maximum absolute atomic E-state index is 9.11. The number of hydrogen-bond acceptors (Lipinski definition) is 3. The molecule has 0 saturated carbocycles. The van der Waals surface area contributed by atoms with Crippen molar-refractivity contribution >= 4 is 11.4 Å². The summed E-state index contributed by atoms with van der Waals surface area (Å²) in [6.07, 6.45) is 0. The third kappa shape index (κ3) is 1.55. The SMILES string of the molecule is CC1(CO)CN(c2cccc(N)c2)C1. The number of benzene rings is 1. The van der Waals surface area contributed by atoms with Crippen LogP contribution >= 0.6 is 0 Å². The Balaban J connectivity index is 2.06. The highest BCUT2D eigenvalue weighted by Crippen LogP contribution is 2.33. The molecule has 0 bridgehead atoms. The molecule has 0 unspecified atom stereocenters. The molecule has 0 spiro atoms. The molecule has 1 saturated heterocycles. The molecular weight excluding hydrogens is 176 g/mol. The summed E-state index contributed by atoms with van der Waals surface area (Å²) < 4.78 is 0. The summed E-state index contributed by atoms with van der Waals surface area (Å²) in [5.41, 5.74) is 7.71. The van der Waals surface area contributed by atoms with Crippen LogP contribution in [-0.2, 0) is 0 Å². The van der Waals surface area contributed by atoms with E-state index >= 15 is 0 Å². The van der Waals surface area contributed by atoms with Crippen LogP contribution in [0, 0.1) is 5.41 Å². The Morgan fingerprint density at radius 3 is 2.79 bits per heavy atom. The Kier molecular flexibility index (Phi) is 2.11. The van der Waals surface area contributed by atoms with E-state index in [1.54, 1.807) is 0 Å². The quantitative estimate of drug-likeness (QED) is 0.689. The zero-order valence-electron chi connectivity index (χ0n) is 8.40. The van der Waals surface area contributed by atoms with E-state index in [-0.39, 0.29) is 12.0 Å². The topological polar surface area (TPSA) is 49.5 Å². The van der Waals surface area contributed by atoms with Crippen molar-refractivity contribution in [2.24, 2.45) is 5.41 Å². The molecule has 76 valence electrons. The number of nitrogens with two attached hydrogens (primary N) is 1. The summed E-state index contributed by atoms with van der Waals surface area (Å²) in [6.45, 7) is 4.17. The van der Waals surface area contributed by atoms with Crippen molar-refractivity contribution in [2.75, 3.05) is 30.3 Å². The molecule has 1 aliphatic rings. The van der Waals surface area contributed by atoms with Gasteiger partial charge in [-0.3, -0.25) is 0 Å². The second-order valence-corrected chi connectivity index (χ2v) is 4.42. The molecule has 3 nitrogen and oxygen atoms in total. The summed E-state index contributed by atoms with van der Waals surface area (Å²) in [4.78, 5) is 2.23. The summed E-state index contributed by atoms with van der Waals surface area (Å²) in [5, 5.41) is 9.11. The number of nitrogen functional groups attached to an aromatic ring is 1. The van der Waals surface area contributed by atoms with Crippen LogP contribution in [-0.4, -0.2) is 24.8 Å². The van der Waals surface area contributed by atoms with Gasteiger partial charge in [0.1, 0.15) is 0 Å². The van der Waals surface area contributed by atoms with E-state index in [1.807, 2.05) is 24.3 Å². The van der Waals surface area contributed by atoms with Gasteiger partial charge in [-0.05, 0) is 18.2 Å². The lowest BCUT2D eigenvalue weighted by Gasteiger charge is -2.48. The fraction of sp³-hybridized carbons (Fsp3) is 0.455. The van der Waals surface area contributed by atoms with Gasteiger partial charge in [0, 0.05) is 29.9 Å². The van der Waals surface area contributed by atoms with Crippen LogP contribution in [0.2, 0.25) is 0 Å². The molecule has 0 atom stereocenters. The van der Waals surface area contributed by atoms with Crippen molar-refractivity contribution in [3.63, 3.8) is 0 Å². The van der Waals surface area contributed by atoms with Gasteiger partial charge in [-0.15, -0.1) is 0 Å². The summed E-state index contributed by atoms with van der Waals surface area (Å²) in [5.74, 6) is 0. The lowest BCUT2D eigenvalue weighted by molar-refractivity contribution is 0.111. The number of rotatable bonds is 2. The molecule has 0 amide bonds. The smallest absolute Gasteiger partial charge is 0.0518 e. The minimum atomic E-state index is 0.0740. The predicted molar refractivity (Wildman–Crippen MR) is 58.3 cm³/mol. The number of aliphatic hydroxyl groups excluding tert-OH is 1. The molecule has 2 rings (SSSR count). The average molecular weight is 192 g/mol. The van der Waals surface area contributed by atoms with Gasteiger partial charge in [0.2, 0.25) is 0 Å². The molecular formula is C11H16N2O. The van der Waals surface area contributed by atoms with Crippen molar-refractivity contribution in [1.82, 2.24) is 0 Å². The van der Waals surface area contributed by atoms with Crippen LogP contribution in [0.25, 0.3) is 0 Å². The van der Waals surface area contributed by atoms with Crippen LogP contribution in [0.5, 0.6) is 0 Å². The lowest BCUT2D eigenvalue weighted by atomic mass is 9.82. The molecule has 1 aromatic rings. The van der Waals surface area contributed by atoms with Gasteiger partial charge in [-0.25, -0.2) is 0 Å². The van der Waals surface area contributed by atoms with Crippen LogP contribution in [0.3, 0.4) is 0 Å². The molecule has 0 aromatic heterocycles. The molecule has 3 N–H and O–H groups in total. The Hall–Kier alpha value is -1.22. The molecule has 0 aliphatic carbocycles. The summed E-state index contributed by atoms with van der Waals surface area (Å²) in [7, 11) is 0. The van der Waals surface area contributed by atoms with Gasteiger partial charge < -0.3 is 15.7 Å². The lowest BCUT2D eigenvalue weighted by Crippen LogP contribution is -2.56. The fourth-order valence-electron chi connectivity index (χ4n) is 1.88. The van der Waals surface area contributed by atoms with Crippen molar-refractivity contribution in [3.05, 3.63) is 24.3 Å². The number of nitrogens with zero attached hydrogens (tertiary/aromatic N) is 1. The van der Waals surface area contributed by atoms with E-state index in [0.29, 0.717) is 0 Å². The first-order valence-electron chi connectivity index (χ1n) is 4.84. The van der Waals surface area contributed by atoms with Crippen molar-refractivity contribution < 1.29 is 5.11 Å². The Morgan fingerprint density at radius 1 is 1.50 bits per heavy atom. The zero-order chi connectivity index (χ0) is 10.2. The molecule has 1 aliphatic heterocycles. The molecule has 1 fully saturated rings. The summed E-state index contributed by atoms with van der Waals surface area (Å²) >= 11 is 0.